The molecule has 0 bridgehead atoms. The van der Waals surface area contributed by atoms with E-state index in [1.165, 1.54) is 0 Å². The summed E-state index contributed by atoms with van der Waals surface area (Å²) >= 11 is 0. The van der Waals surface area contributed by atoms with Crippen molar-refractivity contribution in [2.75, 3.05) is 19.7 Å². The second kappa shape index (κ2) is 15.7. The van der Waals surface area contributed by atoms with E-state index in [1.54, 1.807) is 22.2 Å². The van der Waals surface area contributed by atoms with Crippen LogP contribution in [-0.2, 0) is 13.9 Å². The smallest absolute Gasteiger partial charge is 0.410 e. The second-order valence-corrected chi connectivity index (χ2v) is 23.1. The van der Waals surface area contributed by atoms with E-state index >= 15 is 0 Å². The minimum atomic E-state index is -1.94. The molecule has 3 aromatic rings. The van der Waals surface area contributed by atoms with Crippen molar-refractivity contribution in [1.82, 2.24) is 29.7 Å². The van der Waals surface area contributed by atoms with Crippen LogP contribution in [0.1, 0.15) is 128 Å². The minimum absolute atomic E-state index is 0.104. The van der Waals surface area contributed by atoms with Gasteiger partial charge in [-0.2, -0.15) is 0 Å². The van der Waals surface area contributed by atoms with Gasteiger partial charge in [0.25, 0.3) is 0 Å². The zero-order valence-corrected chi connectivity index (χ0v) is 35.1. The van der Waals surface area contributed by atoms with Crippen LogP contribution in [0.4, 0.5) is 9.59 Å². The number of rotatable bonds is 5. The lowest BCUT2D eigenvalue weighted by Gasteiger charge is -2.37. The fraction of sp³-hybridized carbons (Fsp3) is 0.571. The summed E-state index contributed by atoms with van der Waals surface area (Å²) in [4.78, 5) is 45.6. The van der Waals surface area contributed by atoms with E-state index in [0.29, 0.717) is 48.7 Å². The summed E-state index contributed by atoms with van der Waals surface area (Å²) in [5.41, 5.74) is 1.83. The number of nitrogens with one attached hydrogen (secondary N) is 2. The Balaban J connectivity index is 1.23. The molecule has 0 aliphatic carbocycles. The van der Waals surface area contributed by atoms with Crippen LogP contribution >= 0.6 is 0 Å². The molecule has 2 aromatic heterocycles. The molecule has 2 saturated heterocycles. The molecule has 0 spiro atoms. The molecule has 0 unspecified atom stereocenters. The number of carbonyl (C=O) groups is 2. The molecule has 2 aliphatic rings. The van der Waals surface area contributed by atoms with Crippen molar-refractivity contribution in [3.8, 4) is 23.7 Å². The number of aromatic amines is 2. The normalized spacial score (nSPS) is 20.6. The molecule has 2 amide bonds. The molecule has 54 heavy (non-hydrogen) atoms. The first-order valence-electron chi connectivity index (χ1n) is 18.9. The number of hydrogen-bond donors (Lipinski definition) is 2. The van der Waals surface area contributed by atoms with Crippen LogP contribution < -0.4 is 0 Å². The monoisotopic (exact) mass is 754 g/mol. The van der Waals surface area contributed by atoms with Crippen molar-refractivity contribution in [2.45, 2.75) is 123 Å². The SMILES string of the molecule is C[C@H]1C[C@@H](c2ncc(C#Cc3ccc(C#Cc4cnc([C@@H]5C[C@H](CO[Si](C)(C)C(C)(C)C)CN5C(=O)OC(C)(C)C)[nH]4)cc3)[nH]2)N(C(=O)OC(C)(C)C)C1. The Labute approximate surface area is 322 Å². The number of imidazole rings is 2. The number of aromatic nitrogens is 4. The summed E-state index contributed by atoms with van der Waals surface area (Å²) in [6.07, 6.45) is 4.27. The molecule has 1 aromatic carbocycles. The average Bonchev–Trinajstić information content (AvgIpc) is 3.86. The van der Waals surface area contributed by atoms with Crippen LogP contribution in [0.3, 0.4) is 0 Å². The number of H-pyrrole nitrogens is 2. The molecule has 2 fully saturated rings. The highest BCUT2D eigenvalue weighted by Gasteiger charge is 2.43. The van der Waals surface area contributed by atoms with Gasteiger partial charge in [-0.3, -0.25) is 9.80 Å². The van der Waals surface area contributed by atoms with Gasteiger partial charge in [-0.15, -0.1) is 0 Å². The van der Waals surface area contributed by atoms with Gasteiger partial charge in [-0.05, 0) is 115 Å². The van der Waals surface area contributed by atoms with Crippen LogP contribution in [0.15, 0.2) is 36.7 Å². The number of likely N-dealkylation sites (tertiary alicyclic amines) is 2. The summed E-state index contributed by atoms with van der Waals surface area (Å²) < 4.78 is 18.0. The van der Waals surface area contributed by atoms with Crippen LogP contribution in [0.2, 0.25) is 18.1 Å². The molecule has 0 saturated carbocycles. The van der Waals surface area contributed by atoms with E-state index in [-0.39, 0.29) is 35.2 Å². The Morgan fingerprint density at radius 1 is 0.741 bits per heavy atom. The molecule has 4 heterocycles. The van der Waals surface area contributed by atoms with Gasteiger partial charge >= 0.3 is 12.2 Å². The van der Waals surface area contributed by atoms with Gasteiger partial charge in [0, 0.05) is 36.7 Å². The van der Waals surface area contributed by atoms with Crippen molar-refractivity contribution >= 4 is 20.5 Å². The van der Waals surface area contributed by atoms with Crippen molar-refractivity contribution in [3.63, 3.8) is 0 Å². The zero-order chi connectivity index (χ0) is 39.6. The average molecular weight is 755 g/mol. The van der Waals surface area contributed by atoms with Gasteiger partial charge in [-0.25, -0.2) is 19.6 Å². The molecule has 4 atom stereocenters. The van der Waals surface area contributed by atoms with E-state index < -0.39 is 19.5 Å². The first-order valence-corrected chi connectivity index (χ1v) is 21.8. The number of benzene rings is 1. The highest BCUT2D eigenvalue weighted by Crippen LogP contribution is 2.40. The summed E-state index contributed by atoms with van der Waals surface area (Å²) in [5, 5.41) is 0.104. The van der Waals surface area contributed by atoms with Crippen molar-refractivity contribution in [2.24, 2.45) is 11.8 Å². The molecule has 0 radical (unpaired) electrons. The van der Waals surface area contributed by atoms with Gasteiger partial charge < -0.3 is 23.9 Å². The molecule has 11 nitrogen and oxygen atoms in total. The summed E-state index contributed by atoms with van der Waals surface area (Å²) in [5.74, 6) is 14.6. The van der Waals surface area contributed by atoms with E-state index in [2.05, 4.69) is 84.4 Å². The summed E-state index contributed by atoms with van der Waals surface area (Å²) in [7, 11) is -1.94. The van der Waals surface area contributed by atoms with E-state index in [9.17, 15) is 9.59 Å². The van der Waals surface area contributed by atoms with Crippen molar-refractivity contribution in [3.05, 3.63) is 70.8 Å². The third-order valence-electron chi connectivity index (χ3n) is 10.0. The Morgan fingerprint density at radius 2 is 1.19 bits per heavy atom. The Kier molecular flexibility index (Phi) is 11.8. The number of hydrogen-bond acceptors (Lipinski definition) is 7. The van der Waals surface area contributed by atoms with Crippen LogP contribution in [0.25, 0.3) is 0 Å². The standard InChI is InChI=1S/C42H58N6O5Si/c1-28-21-34(47(25-28)38(49)52-40(2,3)4)36-43-23-32(45-36)19-17-29-13-15-30(16-14-29)18-20-33-24-44-37(46-33)35-22-31(27-51-54(11,12)42(8,9)10)26-48(35)39(50)53-41(5,6)7/h13-16,23-24,28,31,34-35H,21-22,25-27H2,1-12H3,(H,43,45)(H,44,46)/t28-,31-,34-,35-/m0/s1. The lowest BCUT2D eigenvalue weighted by molar-refractivity contribution is 0.0202. The van der Waals surface area contributed by atoms with Crippen LogP contribution in [-0.4, -0.2) is 81.1 Å². The number of amides is 2. The van der Waals surface area contributed by atoms with E-state index in [4.69, 9.17) is 13.9 Å². The number of ether oxygens (including phenoxy) is 2. The molecule has 5 rings (SSSR count). The third-order valence-corrected chi connectivity index (χ3v) is 14.5. The molecular formula is C42H58N6O5Si. The zero-order valence-electron chi connectivity index (χ0n) is 34.1. The molecule has 12 heteroatoms. The fourth-order valence-corrected chi connectivity index (χ4v) is 7.34. The maximum absolute atomic E-state index is 13.3. The van der Waals surface area contributed by atoms with Gasteiger partial charge in [0.15, 0.2) is 8.32 Å². The number of carbonyl (C=O) groups excluding carboxylic acids is 2. The van der Waals surface area contributed by atoms with Gasteiger partial charge in [-0.1, -0.05) is 39.5 Å². The highest BCUT2D eigenvalue weighted by atomic mass is 28.4. The predicted molar refractivity (Wildman–Crippen MR) is 212 cm³/mol. The van der Waals surface area contributed by atoms with E-state index in [1.807, 2.05) is 65.8 Å². The predicted octanol–water partition coefficient (Wildman–Crippen LogP) is 8.57. The fourth-order valence-electron chi connectivity index (χ4n) is 6.25. The summed E-state index contributed by atoms with van der Waals surface area (Å²) in [6, 6.07) is 7.27. The lowest BCUT2D eigenvalue weighted by Crippen LogP contribution is -2.42. The largest absolute Gasteiger partial charge is 0.444 e. The highest BCUT2D eigenvalue weighted by molar-refractivity contribution is 6.74. The maximum Gasteiger partial charge on any atom is 0.410 e. The maximum atomic E-state index is 13.3. The van der Waals surface area contributed by atoms with E-state index in [0.717, 1.165) is 24.0 Å². The Bertz CT molecular complexity index is 1920. The molecule has 2 N–H and O–H groups in total. The lowest BCUT2D eigenvalue weighted by atomic mass is 10.1. The Hall–Kier alpha value is -4.52. The Morgan fingerprint density at radius 3 is 1.63 bits per heavy atom. The van der Waals surface area contributed by atoms with Crippen molar-refractivity contribution in [1.29, 1.82) is 0 Å². The van der Waals surface area contributed by atoms with Gasteiger partial charge in [0.05, 0.1) is 24.5 Å². The second-order valence-electron chi connectivity index (χ2n) is 18.3. The summed E-state index contributed by atoms with van der Waals surface area (Å²) in [6.45, 7) is 26.3. The van der Waals surface area contributed by atoms with Gasteiger partial charge in [0.2, 0.25) is 0 Å². The first kappa shape index (κ1) is 40.7. The first-order chi connectivity index (χ1) is 25.1. The molecular weight excluding hydrogens is 697 g/mol. The van der Waals surface area contributed by atoms with Gasteiger partial charge in [0.1, 0.15) is 34.2 Å². The van der Waals surface area contributed by atoms with Crippen molar-refractivity contribution < 1.29 is 23.5 Å². The molecule has 290 valence electrons. The topological polar surface area (TPSA) is 126 Å². The van der Waals surface area contributed by atoms with Crippen LogP contribution in [0.5, 0.6) is 0 Å². The minimum Gasteiger partial charge on any atom is -0.444 e. The number of nitrogens with zero attached hydrogens (tertiary/aromatic N) is 4. The quantitative estimate of drug-likeness (QED) is 0.198. The third kappa shape index (κ3) is 10.6. The molecule has 2 aliphatic heterocycles. The van der Waals surface area contributed by atoms with Crippen LogP contribution in [0, 0.1) is 35.5 Å².